The van der Waals surface area contributed by atoms with Gasteiger partial charge >= 0.3 is 0 Å². The molecule has 1 aliphatic rings. The zero-order valence-electron chi connectivity index (χ0n) is 10.0. The molecule has 3 rings (SSSR count). The fourth-order valence-corrected chi connectivity index (χ4v) is 2.28. The molecule has 1 atom stereocenters. The second kappa shape index (κ2) is 4.47. The second-order valence-corrected chi connectivity index (χ2v) is 4.39. The van der Waals surface area contributed by atoms with Crippen LogP contribution < -0.4 is 10.5 Å². The summed E-state index contributed by atoms with van der Waals surface area (Å²) in [7, 11) is 1.53. The summed E-state index contributed by atoms with van der Waals surface area (Å²) in [6, 6.07) is 3.44. The lowest BCUT2D eigenvalue weighted by Gasteiger charge is -2.11. The predicted molar refractivity (Wildman–Crippen MR) is 72.2 cm³/mol. The van der Waals surface area contributed by atoms with Gasteiger partial charge in [0.1, 0.15) is 0 Å². The summed E-state index contributed by atoms with van der Waals surface area (Å²) in [4.78, 5) is 16.6. The fourth-order valence-electron chi connectivity index (χ4n) is 1.99. The number of aliphatic imine (C=N–C) groups is 1. The molecule has 2 N–H and O–H groups in total. The molecule has 0 bridgehead atoms. The highest BCUT2D eigenvalue weighted by molar-refractivity contribution is 6.32. The van der Waals surface area contributed by atoms with Crippen molar-refractivity contribution in [3.8, 4) is 5.88 Å². The van der Waals surface area contributed by atoms with Crippen LogP contribution in [0.2, 0.25) is 5.02 Å². The maximum absolute atomic E-state index is 6.26. The Hall–Kier alpha value is -2.21. The monoisotopic (exact) mass is 275 g/mol. The average molecular weight is 276 g/mol. The van der Waals surface area contributed by atoms with Crippen molar-refractivity contribution in [3.63, 3.8) is 0 Å². The summed E-state index contributed by atoms with van der Waals surface area (Å²) in [5.74, 6) is 1.04. The minimum absolute atomic E-state index is 0.161. The van der Waals surface area contributed by atoms with Crippen LogP contribution in [0.5, 0.6) is 5.88 Å². The molecule has 0 radical (unpaired) electrons. The van der Waals surface area contributed by atoms with Crippen molar-refractivity contribution >= 4 is 29.6 Å². The van der Waals surface area contributed by atoms with Crippen molar-refractivity contribution in [2.75, 3.05) is 12.8 Å². The largest absolute Gasteiger partial charge is 0.481 e. The first-order valence-corrected chi connectivity index (χ1v) is 5.94. The molecule has 0 fully saturated rings. The van der Waals surface area contributed by atoms with Gasteiger partial charge in [-0.05, 0) is 6.07 Å². The van der Waals surface area contributed by atoms with Crippen molar-refractivity contribution in [2.45, 2.75) is 5.92 Å². The first kappa shape index (κ1) is 11.9. The molecule has 0 saturated heterocycles. The van der Waals surface area contributed by atoms with Crippen molar-refractivity contribution in [2.24, 2.45) is 4.99 Å². The van der Waals surface area contributed by atoms with Crippen molar-refractivity contribution in [1.82, 2.24) is 15.0 Å². The normalized spacial score (nSPS) is 16.4. The molecule has 0 saturated carbocycles. The third-order valence-corrected chi connectivity index (χ3v) is 3.16. The number of halogens is 1. The molecule has 0 aromatic carbocycles. The van der Waals surface area contributed by atoms with Gasteiger partial charge in [0.05, 0.1) is 23.7 Å². The van der Waals surface area contributed by atoms with Gasteiger partial charge in [-0.2, -0.15) is 4.98 Å². The Labute approximate surface area is 114 Å². The van der Waals surface area contributed by atoms with Gasteiger partial charge < -0.3 is 10.5 Å². The van der Waals surface area contributed by atoms with Crippen LogP contribution in [0.25, 0.3) is 0 Å². The fraction of sp³-hybridized carbons (Fsp3) is 0.167. The van der Waals surface area contributed by atoms with Crippen LogP contribution in [0.1, 0.15) is 17.2 Å². The number of rotatable bonds is 2. The molecule has 7 heteroatoms. The molecule has 6 nitrogen and oxygen atoms in total. The second-order valence-electron chi connectivity index (χ2n) is 3.98. The summed E-state index contributed by atoms with van der Waals surface area (Å²) in [6.45, 7) is 0. The molecule has 2 aromatic heterocycles. The van der Waals surface area contributed by atoms with E-state index in [0.29, 0.717) is 16.7 Å². The van der Waals surface area contributed by atoms with Crippen LogP contribution in [0.15, 0.2) is 23.3 Å². The molecule has 2 aromatic rings. The van der Waals surface area contributed by atoms with E-state index in [1.54, 1.807) is 24.5 Å². The Kier molecular flexibility index (Phi) is 2.79. The van der Waals surface area contributed by atoms with Gasteiger partial charge in [0, 0.05) is 24.0 Å². The number of pyridine rings is 1. The lowest BCUT2D eigenvalue weighted by molar-refractivity contribution is 0.398. The van der Waals surface area contributed by atoms with E-state index in [1.165, 1.54) is 7.11 Å². The first-order valence-electron chi connectivity index (χ1n) is 5.56. The molecule has 0 spiro atoms. The molecule has 1 aliphatic heterocycles. The van der Waals surface area contributed by atoms with Crippen molar-refractivity contribution in [1.29, 1.82) is 0 Å². The minimum atomic E-state index is -0.161. The van der Waals surface area contributed by atoms with Gasteiger partial charge in [0.15, 0.2) is 5.82 Å². The molecular weight excluding hydrogens is 266 g/mol. The Morgan fingerprint density at radius 1 is 1.37 bits per heavy atom. The Balaban J connectivity index is 2.10. The molecule has 0 unspecified atom stereocenters. The molecular formula is C12H10ClN5O. The number of fused-ring (bicyclic) bond motifs is 1. The highest BCUT2D eigenvalue weighted by Gasteiger charge is 2.27. The van der Waals surface area contributed by atoms with E-state index in [2.05, 4.69) is 19.9 Å². The number of nitrogens with two attached hydrogens (primary N) is 1. The van der Waals surface area contributed by atoms with Gasteiger partial charge in [-0.1, -0.05) is 11.6 Å². The number of hydrogen-bond acceptors (Lipinski definition) is 6. The SMILES string of the molecule is COc1cc(Cl)c2c(n1)N=C[C@H]2c1ccnc(N)n1. The number of nitrogens with zero attached hydrogens (tertiary/aromatic N) is 4. The number of aromatic nitrogens is 3. The minimum Gasteiger partial charge on any atom is -0.481 e. The Morgan fingerprint density at radius 2 is 2.21 bits per heavy atom. The van der Waals surface area contributed by atoms with Crippen LogP contribution in [0, 0.1) is 0 Å². The standard InChI is InChI=1S/C12H10ClN5O/c1-19-9-4-7(13)10-6(5-16-11(10)18-9)8-2-3-15-12(14)17-8/h2-6H,1H3,(H2,14,15,17)/t6-/m0/s1. The molecule has 0 aliphatic carbocycles. The lowest BCUT2D eigenvalue weighted by Crippen LogP contribution is -2.06. The topological polar surface area (TPSA) is 86.3 Å². The third-order valence-electron chi connectivity index (χ3n) is 2.84. The molecule has 3 heterocycles. The van der Waals surface area contributed by atoms with E-state index in [9.17, 15) is 0 Å². The predicted octanol–water partition coefficient (Wildman–Crippen LogP) is 1.96. The zero-order valence-corrected chi connectivity index (χ0v) is 10.8. The summed E-state index contributed by atoms with van der Waals surface area (Å²) < 4.78 is 5.07. The van der Waals surface area contributed by atoms with Crippen LogP contribution in [0.3, 0.4) is 0 Å². The third kappa shape index (κ3) is 2.00. The van der Waals surface area contributed by atoms with Crippen LogP contribution >= 0.6 is 11.6 Å². The lowest BCUT2D eigenvalue weighted by atomic mass is 9.99. The van der Waals surface area contributed by atoms with Crippen LogP contribution in [-0.2, 0) is 0 Å². The van der Waals surface area contributed by atoms with Crippen LogP contribution in [-0.4, -0.2) is 28.3 Å². The highest BCUT2D eigenvalue weighted by atomic mass is 35.5. The van der Waals surface area contributed by atoms with E-state index in [4.69, 9.17) is 22.1 Å². The van der Waals surface area contributed by atoms with E-state index in [-0.39, 0.29) is 11.9 Å². The number of nitrogen functional groups attached to an aromatic ring is 1. The average Bonchev–Trinajstić information content (AvgIpc) is 2.83. The van der Waals surface area contributed by atoms with E-state index >= 15 is 0 Å². The highest BCUT2D eigenvalue weighted by Crippen LogP contribution is 2.40. The van der Waals surface area contributed by atoms with E-state index in [1.807, 2.05) is 0 Å². The van der Waals surface area contributed by atoms with Gasteiger partial charge in [0.2, 0.25) is 11.8 Å². The van der Waals surface area contributed by atoms with Gasteiger partial charge in [-0.15, -0.1) is 0 Å². The maximum atomic E-state index is 6.26. The Bertz CT molecular complexity index is 673. The number of anilines is 1. The van der Waals surface area contributed by atoms with Gasteiger partial charge in [-0.3, -0.25) is 0 Å². The van der Waals surface area contributed by atoms with E-state index < -0.39 is 0 Å². The molecule has 96 valence electrons. The number of ether oxygens (including phenoxy) is 1. The maximum Gasteiger partial charge on any atom is 0.220 e. The summed E-state index contributed by atoms with van der Waals surface area (Å²) in [6.07, 6.45) is 3.35. The van der Waals surface area contributed by atoms with Crippen molar-refractivity contribution in [3.05, 3.63) is 34.6 Å². The van der Waals surface area contributed by atoms with Crippen molar-refractivity contribution < 1.29 is 4.74 Å². The van der Waals surface area contributed by atoms with Gasteiger partial charge in [-0.25, -0.2) is 15.0 Å². The van der Waals surface area contributed by atoms with E-state index in [0.717, 1.165) is 11.3 Å². The summed E-state index contributed by atoms with van der Waals surface area (Å²) in [5.41, 5.74) is 7.14. The smallest absolute Gasteiger partial charge is 0.220 e. The molecule has 0 amide bonds. The van der Waals surface area contributed by atoms with Gasteiger partial charge in [0.25, 0.3) is 0 Å². The Morgan fingerprint density at radius 3 is 2.95 bits per heavy atom. The van der Waals surface area contributed by atoms with Crippen LogP contribution in [0.4, 0.5) is 11.8 Å². The first-order chi connectivity index (χ1) is 9.19. The quantitative estimate of drug-likeness (QED) is 0.905. The number of hydrogen-bond donors (Lipinski definition) is 1. The summed E-state index contributed by atoms with van der Waals surface area (Å²) in [5, 5.41) is 0.543. The summed E-state index contributed by atoms with van der Waals surface area (Å²) >= 11 is 6.26. The molecule has 19 heavy (non-hydrogen) atoms. The zero-order chi connectivity index (χ0) is 13.4. The number of methoxy groups -OCH3 is 1.